The maximum absolute atomic E-state index is 13.4. The summed E-state index contributed by atoms with van der Waals surface area (Å²) in [6.45, 7) is 0. The summed E-state index contributed by atoms with van der Waals surface area (Å²) >= 11 is 3.31. The summed E-state index contributed by atoms with van der Waals surface area (Å²) in [5.41, 5.74) is 1.90. The molecule has 0 fully saturated rings. The van der Waals surface area contributed by atoms with E-state index in [4.69, 9.17) is 0 Å². The Kier molecular flexibility index (Phi) is 4.44. The van der Waals surface area contributed by atoms with E-state index in [0.717, 1.165) is 22.2 Å². The molecule has 0 amide bonds. The van der Waals surface area contributed by atoms with Crippen molar-refractivity contribution in [1.82, 2.24) is 10.3 Å². The van der Waals surface area contributed by atoms with Gasteiger partial charge in [-0.15, -0.1) is 0 Å². The molecule has 0 aliphatic rings. The number of aromatic nitrogens is 1. The minimum absolute atomic E-state index is 0.0481. The molecule has 0 spiro atoms. The maximum Gasteiger partial charge on any atom is 0.124 e. The molecule has 1 unspecified atom stereocenters. The van der Waals surface area contributed by atoms with Gasteiger partial charge < -0.3 is 5.32 Å². The van der Waals surface area contributed by atoms with Gasteiger partial charge in [0.25, 0.3) is 0 Å². The van der Waals surface area contributed by atoms with Crippen LogP contribution in [0.5, 0.6) is 0 Å². The topological polar surface area (TPSA) is 24.9 Å². The molecule has 1 aromatic carbocycles. The van der Waals surface area contributed by atoms with Crippen LogP contribution in [-0.4, -0.2) is 12.0 Å². The zero-order valence-electron chi connectivity index (χ0n) is 10.0. The second-order valence-corrected chi connectivity index (χ2v) is 4.98. The Balaban J connectivity index is 2.23. The van der Waals surface area contributed by atoms with Gasteiger partial charge in [0.15, 0.2) is 0 Å². The van der Waals surface area contributed by atoms with E-state index in [1.165, 1.54) is 6.07 Å². The van der Waals surface area contributed by atoms with Crippen molar-refractivity contribution in [3.63, 3.8) is 0 Å². The van der Waals surface area contributed by atoms with Gasteiger partial charge >= 0.3 is 0 Å². The first kappa shape index (κ1) is 13.2. The van der Waals surface area contributed by atoms with Crippen LogP contribution in [-0.2, 0) is 6.42 Å². The number of likely N-dealkylation sites (N-methyl/N-ethyl adjacent to an activating group) is 1. The summed E-state index contributed by atoms with van der Waals surface area (Å²) < 4.78 is 14.1. The fourth-order valence-corrected chi connectivity index (χ4v) is 2.37. The maximum atomic E-state index is 13.4. The van der Waals surface area contributed by atoms with E-state index in [1.54, 1.807) is 12.3 Å². The summed E-state index contributed by atoms with van der Waals surface area (Å²) in [4.78, 5) is 4.29. The average Bonchev–Trinajstić information content (AvgIpc) is 2.36. The van der Waals surface area contributed by atoms with Crippen molar-refractivity contribution >= 4 is 15.9 Å². The molecule has 0 aliphatic carbocycles. The van der Waals surface area contributed by atoms with E-state index in [9.17, 15) is 4.39 Å². The van der Waals surface area contributed by atoms with Crippen molar-refractivity contribution in [3.8, 4) is 0 Å². The lowest BCUT2D eigenvalue weighted by Gasteiger charge is -2.16. The summed E-state index contributed by atoms with van der Waals surface area (Å²) in [5.74, 6) is -0.236. The Hall–Kier alpha value is -1.26. The Morgan fingerprint density at radius 3 is 2.78 bits per heavy atom. The highest BCUT2D eigenvalue weighted by atomic mass is 79.9. The highest BCUT2D eigenvalue weighted by Crippen LogP contribution is 2.22. The predicted molar refractivity (Wildman–Crippen MR) is 73.8 cm³/mol. The fraction of sp³-hybridized carbons (Fsp3) is 0.214. The summed E-state index contributed by atoms with van der Waals surface area (Å²) in [7, 11) is 1.87. The molecule has 2 aromatic rings. The molecule has 4 heteroatoms. The standard InChI is InChI=1S/C14H14BrFN2/c1-17-14(9-13-4-2-3-5-18-13)10-6-11(15)8-12(16)7-10/h2-8,14,17H,9H2,1H3. The van der Waals surface area contributed by atoms with Crippen molar-refractivity contribution in [3.05, 3.63) is 64.1 Å². The van der Waals surface area contributed by atoms with Gasteiger partial charge in [0.2, 0.25) is 0 Å². The summed E-state index contributed by atoms with van der Waals surface area (Å²) in [6, 6.07) is 10.8. The molecular weight excluding hydrogens is 295 g/mol. The van der Waals surface area contributed by atoms with Crippen LogP contribution < -0.4 is 5.32 Å². The van der Waals surface area contributed by atoms with Crippen LogP contribution in [0.4, 0.5) is 4.39 Å². The Morgan fingerprint density at radius 1 is 1.33 bits per heavy atom. The van der Waals surface area contributed by atoms with Crippen LogP contribution in [0.1, 0.15) is 17.3 Å². The molecule has 1 N–H and O–H groups in total. The highest BCUT2D eigenvalue weighted by Gasteiger charge is 2.12. The Labute approximate surface area is 114 Å². The number of nitrogens with one attached hydrogen (secondary N) is 1. The predicted octanol–water partition coefficient (Wildman–Crippen LogP) is 3.49. The minimum Gasteiger partial charge on any atom is -0.313 e. The molecule has 0 bridgehead atoms. The molecule has 18 heavy (non-hydrogen) atoms. The quantitative estimate of drug-likeness (QED) is 0.935. The SMILES string of the molecule is CNC(Cc1ccccn1)c1cc(F)cc(Br)c1. The van der Waals surface area contributed by atoms with E-state index in [-0.39, 0.29) is 11.9 Å². The van der Waals surface area contributed by atoms with E-state index in [0.29, 0.717) is 0 Å². The number of halogens is 2. The number of hydrogen-bond donors (Lipinski definition) is 1. The third-order valence-corrected chi connectivity index (χ3v) is 3.23. The molecule has 0 radical (unpaired) electrons. The zero-order valence-corrected chi connectivity index (χ0v) is 11.6. The molecular formula is C14H14BrFN2. The van der Waals surface area contributed by atoms with Crippen molar-refractivity contribution in [2.24, 2.45) is 0 Å². The van der Waals surface area contributed by atoms with Gasteiger partial charge in [0, 0.05) is 28.8 Å². The van der Waals surface area contributed by atoms with Crippen LogP contribution in [0.3, 0.4) is 0 Å². The lowest BCUT2D eigenvalue weighted by molar-refractivity contribution is 0.571. The van der Waals surface area contributed by atoms with E-state index in [1.807, 2.05) is 31.3 Å². The molecule has 94 valence electrons. The van der Waals surface area contributed by atoms with Gasteiger partial charge in [-0.3, -0.25) is 4.98 Å². The fourth-order valence-electron chi connectivity index (χ4n) is 1.89. The molecule has 0 saturated heterocycles. The molecule has 2 rings (SSSR count). The average molecular weight is 309 g/mol. The molecule has 1 heterocycles. The third-order valence-electron chi connectivity index (χ3n) is 2.78. The van der Waals surface area contributed by atoms with Gasteiger partial charge in [-0.05, 0) is 42.9 Å². The van der Waals surface area contributed by atoms with Crippen LogP contribution in [0.25, 0.3) is 0 Å². The first-order chi connectivity index (χ1) is 8.69. The zero-order chi connectivity index (χ0) is 13.0. The lowest BCUT2D eigenvalue weighted by atomic mass is 10.0. The van der Waals surface area contributed by atoms with Crippen LogP contribution in [0.15, 0.2) is 47.1 Å². The van der Waals surface area contributed by atoms with Crippen molar-refractivity contribution < 1.29 is 4.39 Å². The van der Waals surface area contributed by atoms with Crippen molar-refractivity contribution in [2.45, 2.75) is 12.5 Å². The number of rotatable bonds is 4. The van der Waals surface area contributed by atoms with Gasteiger partial charge in [0.05, 0.1) is 0 Å². The van der Waals surface area contributed by atoms with E-state index < -0.39 is 0 Å². The summed E-state index contributed by atoms with van der Waals surface area (Å²) in [5, 5.41) is 3.19. The van der Waals surface area contributed by atoms with Gasteiger partial charge in [-0.2, -0.15) is 0 Å². The Bertz CT molecular complexity index is 496. The van der Waals surface area contributed by atoms with E-state index >= 15 is 0 Å². The lowest BCUT2D eigenvalue weighted by Crippen LogP contribution is -2.19. The second-order valence-electron chi connectivity index (χ2n) is 4.07. The normalized spacial score (nSPS) is 12.4. The number of benzene rings is 1. The molecule has 0 saturated carbocycles. The largest absolute Gasteiger partial charge is 0.313 e. The van der Waals surface area contributed by atoms with E-state index in [2.05, 4.69) is 26.2 Å². The van der Waals surface area contributed by atoms with Crippen LogP contribution >= 0.6 is 15.9 Å². The van der Waals surface area contributed by atoms with Crippen molar-refractivity contribution in [1.29, 1.82) is 0 Å². The Morgan fingerprint density at radius 2 is 2.17 bits per heavy atom. The minimum atomic E-state index is -0.236. The number of pyridine rings is 1. The molecule has 1 aromatic heterocycles. The van der Waals surface area contributed by atoms with Gasteiger partial charge in [0.1, 0.15) is 5.82 Å². The number of nitrogens with zero attached hydrogens (tertiary/aromatic N) is 1. The second kappa shape index (κ2) is 6.07. The highest BCUT2D eigenvalue weighted by molar-refractivity contribution is 9.10. The van der Waals surface area contributed by atoms with Gasteiger partial charge in [-0.25, -0.2) is 4.39 Å². The molecule has 2 nitrogen and oxygen atoms in total. The summed E-state index contributed by atoms with van der Waals surface area (Å²) in [6.07, 6.45) is 2.50. The van der Waals surface area contributed by atoms with Gasteiger partial charge in [-0.1, -0.05) is 22.0 Å². The van der Waals surface area contributed by atoms with Crippen molar-refractivity contribution in [2.75, 3.05) is 7.05 Å². The first-order valence-corrected chi connectivity index (χ1v) is 6.51. The smallest absolute Gasteiger partial charge is 0.124 e. The number of hydrogen-bond acceptors (Lipinski definition) is 2. The monoisotopic (exact) mass is 308 g/mol. The first-order valence-electron chi connectivity index (χ1n) is 5.72. The molecule has 1 atom stereocenters. The van der Waals surface area contributed by atoms with Crippen LogP contribution in [0, 0.1) is 5.82 Å². The molecule has 0 aliphatic heterocycles. The third kappa shape index (κ3) is 3.37. The van der Waals surface area contributed by atoms with Crippen LogP contribution in [0.2, 0.25) is 0 Å².